The standard InChI is InChI=1S/C21H27N2.C10H12O.C7H6.2ClH.Ru/c1-14-9-16(3)20(17(4)10-14)22-7-8-23(13-22)21-18(5)11-15(2)12-19(21)6;1-8(2)11-10-7-5-4-6-9(10)3;1-7-5-3-2-4-6-7;;;/h9-13H,7-8H2,1-6H3;3-8H,1-2H3;1-6H;2*1H;/q-1;;;;;+2/p-2. The first-order valence-corrected chi connectivity index (χ1v) is 21.5. The summed E-state index contributed by atoms with van der Waals surface area (Å²) in [6, 6.07) is 26.9. The van der Waals surface area contributed by atoms with Crippen molar-refractivity contribution in [1.29, 1.82) is 0 Å². The number of hydrogen-bond acceptors (Lipinski definition) is 3. The fourth-order valence-electron chi connectivity index (χ4n) is 5.87. The van der Waals surface area contributed by atoms with Gasteiger partial charge >= 0.3 is 137 Å². The maximum Gasteiger partial charge on any atom is 0.0146 e. The molecular formula is C38H45Cl2N2ORu-. The number of rotatable bonds is 6. The predicted octanol–water partition coefficient (Wildman–Crippen LogP) is 9.92. The Hall–Kier alpha value is -2.78. The summed E-state index contributed by atoms with van der Waals surface area (Å²) in [5.41, 5.74) is 12.8. The molecule has 6 heteroatoms. The number of halogens is 2. The van der Waals surface area contributed by atoms with Gasteiger partial charge in [0.15, 0.2) is 0 Å². The van der Waals surface area contributed by atoms with Gasteiger partial charge in [0.1, 0.15) is 0 Å². The molecule has 1 aliphatic rings. The second-order valence-corrected chi connectivity index (χ2v) is 21.2. The molecule has 0 spiro atoms. The number of hydrogen-bond donors (Lipinski definition) is 0. The van der Waals surface area contributed by atoms with Crippen molar-refractivity contribution < 1.29 is 16.6 Å². The zero-order chi connectivity index (χ0) is 32.0. The molecule has 236 valence electrons. The van der Waals surface area contributed by atoms with Crippen molar-refractivity contribution in [1.82, 2.24) is 0 Å². The van der Waals surface area contributed by atoms with E-state index < -0.39 is 11.9 Å². The zero-order valence-corrected chi connectivity index (χ0v) is 30.4. The summed E-state index contributed by atoms with van der Waals surface area (Å²) in [7, 11) is 13.2. The van der Waals surface area contributed by atoms with Crippen LogP contribution < -0.4 is 14.5 Å². The van der Waals surface area contributed by atoms with Crippen LogP contribution in [0.15, 0.2) is 78.9 Å². The summed E-state index contributed by atoms with van der Waals surface area (Å²) in [5, 5.41) is 0. The van der Waals surface area contributed by atoms with E-state index in [0.29, 0.717) is 0 Å². The fourth-order valence-corrected chi connectivity index (χ4v) is 10.3. The minimum atomic E-state index is -3.00. The van der Waals surface area contributed by atoms with Gasteiger partial charge in [0.2, 0.25) is 0 Å². The molecule has 0 saturated carbocycles. The van der Waals surface area contributed by atoms with E-state index in [-0.39, 0.29) is 6.10 Å². The van der Waals surface area contributed by atoms with E-state index in [9.17, 15) is 0 Å². The molecule has 0 bridgehead atoms. The van der Waals surface area contributed by atoms with Crippen LogP contribution in [-0.2, 0) is 11.9 Å². The van der Waals surface area contributed by atoms with Gasteiger partial charge in [-0.1, -0.05) is 35.4 Å². The molecule has 1 saturated heterocycles. The molecule has 1 heterocycles. The first kappa shape index (κ1) is 34.1. The summed E-state index contributed by atoms with van der Waals surface area (Å²) in [5.74, 6) is 0.820. The summed E-state index contributed by atoms with van der Waals surface area (Å²) < 4.78 is 9.75. The summed E-state index contributed by atoms with van der Waals surface area (Å²) in [6.07, 6.45) is 0.114. The van der Waals surface area contributed by atoms with Gasteiger partial charge in [-0.25, -0.2) is 0 Å². The van der Waals surface area contributed by atoms with Crippen molar-refractivity contribution in [3.05, 3.63) is 130 Å². The van der Waals surface area contributed by atoms with E-state index in [0.717, 1.165) is 30.0 Å². The Kier molecular flexibility index (Phi) is 11.6. The van der Waals surface area contributed by atoms with Gasteiger partial charge < -0.3 is 9.80 Å². The van der Waals surface area contributed by atoms with Gasteiger partial charge in [-0.05, 0) is 63.8 Å². The predicted molar refractivity (Wildman–Crippen MR) is 191 cm³/mol. The molecule has 0 aromatic heterocycles. The third-order valence-electron chi connectivity index (χ3n) is 7.29. The van der Waals surface area contributed by atoms with Gasteiger partial charge in [0.25, 0.3) is 0 Å². The van der Waals surface area contributed by atoms with Crippen LogP contribution in [0.25, 0.3) is 0 Å². The van der Waals surface area contributed by atoms with Gasteiger partial charge in [-0.2, -0.15) is 6.67 Å². The van der Waals surface area contributed by atoms with E-state index in [4.69, 9.17) is 24.1 Å². The van der Waals surface area contributed by atoms with Crippen LogP contribution in [0.4, 0.5) is 11.4 Å². The van der Waals surface area contributed by atoms with Crippen molar-refractivity contribution in [2.24, 2.45) is 0 Å². The second kappa shape index (κ2) is 15.0. The van der Waals surface area contributed by atoms with Crippen LogP contribution in [-0.4, -0.2) is 28.4 Å². The van der Waals surface area contributed by atoms with Crippen LogP contribution in [0.2, 0.25) is 0 Å². The first-order chi connectivity index (χ1) is 20.8. The summed E-state index contributed by atoms with van der Waals surface area (Å²) in [4.78, 5) is 4.81. The summed E-state index contributed by atoms with van der Waals surface area (Å²) in [6.45, 7) is 21.6. The van der Waals surface area contributed by atoms with Gasteiger partial charge in [0, 0.05) is 24.5 Å². The van der Waals surface area contributed by atoms with E-state index >= 15 is 0 Å². The van der Waals surface area contributed by atoms with Crippen LogP contribution in [0, 0.1) is 48.2 Å². The van der Waals surface area contributed by atoms with Crippen LogP contribution in [0.1, 0.15) is 58.4 Å². The molecule has 0 radical (unpaired) electrons. The Labute approximate surface area is 275 Å². The number of aryl methyl sites for hydroxylation is 6. The van der Waals surface area contributed by atoms with Crippen LogP contribution >= 0.6 is 19.4 Å². The summed E-state index contributed by atoms with van der Waals surface area (Å²) >= 11 is -3.00. The van der Waals surface area contributed by atoms with Crippen molar-refractivity contribution in [3.63, 3.8) is 0 Å². The van der Waals surface area contributed by atoms with Crippen LogP contribution in [0.5, 0.6) is 5.75 Å². The Bertz CT molecular complexity index is 1600. The number of anilines is 2. The SMILES string of the molecule is CC(C)Oc1ccccc1[CH]=[Ru]([Cl])([Cl])=[CH]c1ccccc1.Cc1cc(C)c(N2[CH-]N(c3c(C)cc(C)cc3C)CC2)c(C)c1. The molecule has 1 aliphatic heterocycles. The molecule has 0 N–H and O–H groups in total. The fraction of sp³-hybridized carbons (Fsp3) is 0.289. The molecule has 44 heavy (non-hydrogen) atoms. The molecule has 5 rings (SSSR count). The Balaban J connectivity index is 0.000000202. The molecule has 0 amide bonds. The monoisotopic (exact) mass is 717 g/mol. The number of benzene rings is 4. The molecule has 4 aromatic rings. The number of ether oxygens (including phenoxy) is 1. The quantitative estimate of drug-likeness (QED) is 0.146. The third-order valence-corrected chi connectivity index (χ3v) is 11.6. The van der Waals surface area contributed by atoms with Crippen LogP contribution in [0.3, 0.4) is 0 Å². The number of nitrogens with zero attached hydrogens (tertiary/aromatic N) is 2. The van der Waals surface area contributed by atoms with Gasteiger partial charge in [-0.3, -0.25) is 0 Å². The van der Waals surface area contributed by atoms with Crippen molar-refractivity contribution in [3.8, 4) is 5.75 Å². The number of para-hydroxylation sites is 1. The molecule has 0 aliphatic carbocycles. The normalized spacial score (nSPS) is 13.4. The average Bonchev–Trinajstić information content (AvgIpc) is 3.38. The molecule has 3 nitrogen and oxygen atoms in total. The minimum absolute atomic E-state index is 0.114. The zero-order valence-electron chi connectivity index (χ0n) is 27.1. The molecule has 0 atom stereocenters. The average molecular weight is 718 g/mol. The van der Waals surface area contributed by atoms with E-state index in [2.05, 4.69) is 82.3 Å². The molecule has 0 unspecified atom stereocenters. The molecule has 1 fully saturated rings. The van der Waals surface area contributed by atoms with Crippen molar-refractivity contribution in [2.75, 3.05) is 22.9 Å². The smallest absolute Gasteiger partial charge is 0.0146 e. The molecular weight excluding hydrogens is 672 g/mol. The van der Waals surface area contributed by atoms with Gasteiger partial charge in [0.05, 0.1) is 0 Å². The molecule has 4 aromatic carbocycles. The minimum Gasteiger partial charge on any atom is -0.502 e. The van der Waals surface area contributed by atoms with E-state index in [1.54, 1.807) is 0 Å². The first-order valence-electron chi connectivity index (χ1n) is 15.0. The van der Waals surface area contributed by atoms with Gasteiger partial charge in [-0.15, -0.1) is 0 Å². The maximum absolute atomic E-state index is 6.58. The second-order valence-electron chi connectivity index (χ2n) is 11.8. The topological polar surface area (TPSA) is 15.7 Å². The van der Waals surface area contributed by atoms with Crippen molar-refractivity contribution >= 4 is 40.0 Å². The Morgan fingerprint density at radius 1 is 0.682 bits per heavy atom. The maximum atomic E-state index is 6.58. The Morgan fingerprint density at radius 2 is 1.14 bits per heavy atom. The largest absolute Gasteiger partial charge is 0.502 e. The third kappa shape index (κ3) is 9.13. The van der Waals surface area contributed by atoms with E-state index in [1.165, 1.54) is 44.8 Å². The van der Waals surface area contributed by atoms with Crippen molar-refractivity contribution in [2.45, 2.75) is 61.5 Å². The Morgan fingerprint density at radius 3 is 1.61 bits per heavy atom. The van der Waals surface area contributed by atoms with E-state index in [1.807, 2.05) is 77.7 Å².